The van der Waals surface area contributed by atoms with E-state index in [0.29, 0.717) is 6.42 Å². The van der Waals surface area contributed by atoms with Gasteiger partial charge in [0.15, 0.2) is 5.78 Å². The Bertz CT molecular complexity index is 230. The molecule has 0 aromatic rings. The van der Waals surface area contributed by atoms with Crippen LogP contribution in [0.4, 0.5) is 0 Å². The topological polar surface area (TPSA) is 20.3 Å². The molecule has 1 aliphatic heterocycles. The molecule has 0 amide bonds. The summed E-state index contributed by atoms with van der Waals surface area (Å²) in [7, 11) is 0. The van der Waals surface area contributed by atoms with Gasteiger partial charge in [-0.15, -0.1) is 6.58 Å². The molecular weight excluding hydrogens is 162 g/mol. The summed E-state index contributed by atoms with van der Waals surface area (Å²) >= 11 is 0. The molecule has 0 bridgehead atoms. The van der Waals surface area contributed by atoms with E-state index in [1.807, 2.05) is 0 Å². The van der Waals surface area contributed by atoms with Gasteiger partial charge in [-0.2, -0.15) is 0 Å². The maximum Gasteiger partial charge on any atom is 0.162 e. The lowest BCUT2D eigenvalue weighted by Gasteiger charge is -2.23. The molecule has 0 radical (unpaired) electrons. The monoisotopic (exact) mass is 179 g/mol. The van der Waals surface area contributed by atoms with Gasteiger partial charge in [-0.3, -0.25) is 9.69 Å². The predicted molar refractivity (Wildman–Crippen MR) is 54.6 cm³/mol. The molecule has 72 valence electrons. The van der Waals surface area contributed by atoms with Gasteiger partial charge < -0.3 is 0 Å². The zero-order valence-electron chi connectivity index (χ0n) is 8.25. The Morgan fingerprint density at radius 2 is 2.54 bits per heavy atom. The normalized spacial score (nSPS) is 18.1. The first-order valence-electron chi connectivity index (χ1n) is 4.83. The van der Waals surface area contributed by atoms with Crippen LogP contribution in [0.2, 0.25) is 0 Å². The Morgan fingerprint density at radius 1 is 1.77 bits per heavy atom. The third-order valence-corrected chi connectivity index (χ3v) is 2.43. The standard InChI is InChI=1S/C11H17NO/c1-3-5-11(13)10-6-8-12(4-2)9-7-10/h3,6H,1,4-5,7-9H2,2H3. The fourth-order valence-corrected chi connectivity index (χ4v) is 1.51. The van der Waals surface area contributed by atoms with Crippen molar-refractivity contribution >= 4 is 5.78 Å². The van der Waals surface area contributed by atoms with Gasteiger partial charge in [0.1, 0.15) is 0 Å². The van der Waals surface area contributed by atoms with Gasteiger partial charge in [0.25, 0.3) is 0 Å². The van der Waals surface area contributed by atoms with Gasteiger partial charge in [-0.1, -0.05) is 19.1 Å². The second-order valence-electron chi connectivity index (χ2n) is 3.29. The van der Waals surface area contributed by atoms with Crippen molar-refractivity contribution in [2.24, 2.45) is 0 Å². The minimum Gasteiger partial charge on any atom is -0.300 e. The second kappa shape index (κ2) is 4.97. The van der Waals surface area contributed by atoms with Crippen LogP contribution in [0.3, 0.4) is 0 Å². The summed E-state index contributed by atoms with van der Waals surface area (Å²) in [5, 5.41) is 0. The highest BCUT2D eigenvalue weighted by Gasteiger charge is 2.14. The van der Waals surface area contributed by atoms with Gasteiger partial charge >= 0.3 is 0 Å². The average molecular weight is 179 g/mol. The molecule has 13 heavy (non-hydrogen) atoms. The van der Waals surface area contributed by atoms with Gasteiger partial charge in [-0.05, 0) is 18.5 Å². The van der Waals surface area contributed by atoms with Crippen LogP contribution in [0.5, 0.6) is 0 Å². The zero-order valence-corrected chi connectivity index (χ0v) is 8.25. The Morgan fingerprint density at radius 3 is 3.00 bits per heavy atom. The molecule has 0 spiro atoms. The minimum atomic E-state index is 0.241. The molecule has 2 nitrogen and oxygen atoms in total. The lowest BCUT2D eigenvalue weighted by molar-refractivity contribution is -0.115. The van der Waals surface area contributed by atoms with E-state index in [9.17, 15) is 4.79 Å². The highest BCUT2D eigenvalue weighted by molar-refractivity contribution is 5.96. The van der Waals surface area contributed by atoms with Crippen LogP contribution in [0, 0.1) is 0 Å². The Hall–Kier alpha value is -0.890. The maximum atomic E-state index is 11.4. The first-order valence-corrected chi connectivity index (χ1v) is 4.83. The minimum absolute atomic E-state index is 0.241. The molecule has 0 unspecified atom stereocenters. The largest absolute Gasteiger partial charge is 0.300 e. The number of ketones is 1. The fraction of sp³-hybridized carbons (Fsp3) is 0.545. The molecule has 0 aromatic carbocycles. The van der Waals surface area contributed by atoms with Gasteiger partial charge in [0, 0.05) is 19.5 Å². The Kier molecular flexibility index (Phi) is 3.90. The van der Waals surface area contributed by atoms with Gasteiger partial charge in [0.2, 0.25) is 0 Å². The van der Waals surface area contributed by atoms with Crippen molar-refractivity contribution in [1.29, 1.82) is 0 Å². The quantitative estimate of drug-likeness (QED) is 0.613. The highest BCUT2D eigenvalue weighted by atomic mass is 16.1. The van der Waals surface area contributed by atoms with E-state index < -0.39 is 0 Å². The van der Waals surface area contributed by atoms with Gasteiger partial charge in [0.05, 0.1) is 0 Å². The fourth-order valence-electron chi connectivity index (χ4n) is 1.51. The molecule has 1 aliphatic rings. The number of hydrogen-bond donors (Lipinski definition) is 0. The molecule has 1 rings (SSSR count). The van der Waals surface area contributed by atoms with E-state index in [4.69, 9.17) is 0 Å². The molecule has 0 fully saturated rings. The van der Waals surface area contributed by atoms with Crippen LogP contribution in [-0.4, -0.2) is 30.3 Å². The SMILES string of the molecule is C=CCC(=O)C1=CCN(CC)CC1. The number of allylic oxidation sites excluding steroid dienone is 1. The summed E-state index contributed by atoms with van der Waals surface area (Å²) < 4.78 is 0. The molecule has 0 N–H and O–H groups in total. The molecule has 0 atom stereocenters. The smallest absolute Gasteiger partial charge is 0.162 e. The molecule has 2 heteroatoms. The lowest BCUT2D eigenvalue weighted by Crippen LogP contribution is -2.29. The van der Waals surface area contributed by atoms with Crippen LogP contribution in [0.25, 0.3) is 0 Å². The maximum absolute atomic E-state index is 11.4. The summed E-state index contributed by atoms with van der Waals surface area (Å²) in [6.07, 6.45) is 5.12. The second-order valence-corrected chi connectivity index (χ2v) is 3.29. The first kappa shape index (κ1) is 10.2. The Labute approximate surface area is 79.9 Å². The van der Waals surface area contributed by atoms with E-state index in [-0.39, 0.29) is 5.78 Å². The molecule has 0 saturated heterocycles. The third kappa shape index (κ3) is 2.81. The number of likely N-dealkylation sites (N-methyl/N-ethyl adjacent to an activating group) is 1. The molecule has 0 aromatic heterocycles. The lowest BCUT2D eigenvalue weighted by atomic mass is 10.0. The molecule has 0 saturated carbocycles. The highest BCUT2D eigenvalue weighted by Crippen LogP contribution is 2.12. The predicted octanol–water partition coefficient (Wildman–Crippen LogP) is 1.78. The zero-order chi connectivity index (χ0) is 9.68. The van der Waals surface area contributed by atoms with E-state index in [2.05, 4.69) is 24.5 Å². The Balaban J connectivity index is 2.49. The third-order valence-electron chi connectivity index (χ3n) is 2.43. The number of rotatable bonds is 4. The van der Waals surface area contributed by atoms with Crippen molar-refractivity contribution in [3.05, 3.63) is 24.3 Å². The van der Waals surface area contributed by atoms with Crippen molar-refractivity contribution in [2.45, 2.75) is 19.8 Å². The molecule has 1 heterocycles. The first-order chi connectivity index (χ1) is 6.27. The number of carbonyl (C=O) groups is 1. The average Bonchev–Trinajstić information content (AvgIpc) is 2.18. The van der Waals surface area contributed by atoms with Gasteiger partial charge in [-0.25, -0.2) is 0 Å². The number of nitrogens with zero attached hydrogens (tertiary/aromatic N) is 1. The summed E-state index contributed by atoms with van der Waals surface area (Å²) in [6, 6.07) is 0. The summed E-state index contributed by atoms with van der Waals surface area (Å²) in [4.78, 5) is 13.8. The van der Waals surface area contributed by atoms with E-state index >= 15 is 0 Å². The molecule has 0 aliphatic carbocycles. The van der Waals surface area contributed by atoms with E-state index in [1.165, 1.54) is 0 Å². The van der Waals surface area contributed by atoms with Crippen molar-refractivity contribution in [1.82, 2.24) is 4.90 Å². The number of carbonyl (C=O) groups excluding carboxylic acids is 1. The van der Waals surface area contributed by atoms with Crippen molar-refractivity contribution < 1.29 is 4.79 Å². The van der Waals surface area contributed by atoms with Crippen LogP contribution in [-0.2, 0) is 4.79 Å². The van der Waals surface area contributed by atoms with Crippen LogP contribution < -0.4 is 0 Å². The number of Topliss-reactive ketones (excluding diaryl/α,β-unsaturated/α-hetero) is 1. The van der Waals surface area contributed by atoms with Crippen molar-refractivity contribution in [2.75, 3.05) is 19.6 Å². The molecular formula is C11H17NO. The summed E-state index contributed by atoms with van der Waals surface area (Å²) in [5.41, 5.74) is 0.990. The van der Waals surface area contributed by atoms with Crippen molar-refractivity contribution in [3.63, 3.8) is 0 Å². The van der Waals surface area contributed by atoms with Crippen LogP contribution in [0.1, 0.15) is 19.8 Å². The van der Waals surface area contributed by atoms with E-state index in [0.717, 1.165) is 31.6 Å². The summed E-state index contributed by atoms with van der Waals surface area (Å²) in [6.45, 7) is 8.72. The number of hydrogen-bond acceptors (Lipinski definition) is 2. The van der Waals surface area contributed by atoms with Crippen LogP contribution in [0.15, 0.2) is 24.3 Å². The van der Waals surface area contributed by atoms with E-state index in [1.54, 1.807) is 6.08 Å². The van der Waals surface area contributed by atoms with Crippen LogP contribution >= 0.6 is 0 Å². The summed E-state index contributed by atoms with van der Waals surface area (Å²) in [5.74, 6) is 0.241. The van der Waals surface area contributed by atoms with Crippen molar-refractivity contribution in [3.8, 4) is 0 Å².